The molecule has 0 bridgehead atoms. The van der Waals surface area contributed by atoms with Crippen LogP contribution in [0.15, 0.2) is 48.0 Å². The molecule has 2 heterocycles. The van der Waals surface area contributed by atoms with Crippen molar-refractivity contribution in [2.75, 3.05) is 46.0 Å². The van der Waals surface area contributed by atoms with Crippen LogP contribution in [0, 0.1) is 0 Å². The number of halogens is 1. The molecule has 2 aliphatic rings. The number of hydrogen-bond acceptors (Lipinski definition) is 7. The van der Waals surface area contributed by atoms with Crippen molar-refractivity contribution in [3.63, 3.8) is 0 Å². The Balaban J connectivity index is 1.71. The highest BCUT2D eigenvalue weighted by atomic mass is 35.5. The Hall–Kier alpha value is -3.07. The van der Waals surface area contributed by atoms with Crippen LogP contribution < -0.4 is 4.74 Å². The Kier molecular flexibility index (Phi) is 8.51. The number of ketones is 1. The number of phenolic OH excluding ortho intramolecular Hbond substituents is 1. The second kappa shape index (κ2) is 11.8. The number of benzene rings is 2. The first-order valence-electron chi connectivity index (χ1n) is 12.2. The van der Waals surface area contributed by atoms with Gasteiger partial charge in [-0.05, 0) is 48.7 Å². The van der Waals surface area contributed by atoms with Crippen molar-refractivity contribution in [1.82, 2.24) is 9.80 Å². The Morgan fingerprint density at radius 2 is 1.92 bits per heavy atom. The standard InChI is InChI=1S/C27H31ClN2O6/c1-2-13-36-20-6-3-5-18(16-20)24-23(25(32)21-17-19(28)7-8-22(21)31)26(33)27(34)30(24)10-4-9-29-11-14-35-15-12-29/h3,5-8,16-17,24,31-32H,2,4,9-15H2,1H3/t24-/m1/s1. The molecular formula is C27H31ClN2O6. The maximum atomic E-state index is 13.3. The predicted octanol–water partition coefficient (Wildman–Crippen LogP) is 3.98. The van der Waals surface area contributed by atoms with E-state index in [0.717, 1.165) is 26.1 Å². The SMILES string of the molecule is CCCOc1cccc([C@@H]2C(=C(O)c3cc(Cl)ccc3O)C(=O)C(=O)N2CCCN2CCOCC2)c1. The summed E-state index contributed by atoms with van der Waals surface area (Å²) in [7, 11) is 0. The Morgan fingerprint density at radius 1 is 1.14 bits per heavy atom. The number of amides is 1. The van der Waals surface area contributed by atoms with Crippen molar-refractivity contribution in [1.29, 1.82) is 0 Å². The van der Waals surface area contributed by atoms with Gasteiger partial charge in [0.05, 0.1) is 37.0 Å². The molecule has 0 unspecified atom stereocenters. The van der Waals surface area contributed by atoms with E-state index >= 15 is 0 Å². The van der Waals surface area contributed by atoms with Gasteiger partial charge in [0.15, 0.2) is 0 Å². The molecule has 1 amide bonds. The Labute approximate surface area is 215 Å². The van der Waals surface area contributed by atoms with Gasteiger partial charge in [-0.2, -0.15) is 0 Å². The summed E-state index contributed by atoms with van der Waals surface area (Å²) >= 11 is 6.09. The predicted molar refractivity (Wildman–Crippen MR) is 136 cm³/mol. The molecule has 2 aliphatic heterocycles. The summed E-state index contributed by atoms with van der Waals surface area (Å²) in [6.07, 6.45) is 1.48. The molecule has 36 heavy (non-hydrogen) atoms. The van der Waals surface area contributed by atoms with Crippen LogP contribution in [-0.2, 0) is 14.3 Å². The fraction of sp³-hybridized carbons (Fsp3) is 0.407. The summed E-state index contributed by atoms with van der Waals surface area (Å²) in [6, 6.07) is 10.5. The van der Waals surface area contributed by atoms with Gasteiger partial charge in [0, 0.05) is 31.2 Å². The van der Waals surface area contributed by atoms with Gasteiger partial charge < -0.3 is 24.6 Å². The van der Waals surface area contributed by atoms with E-state index < -0.39 is 23.5 Å². The van der Waals surface area contributed by atoms with Gasteiger partial charge in [-0.15, -0.1) is 0 Å². The molecule has 0 radical (unpaired) electrons. The lowest BCUT2D eigenvalue weighted by Crippen LogP contribution is -2.38. The van der Waals surface area contributed by atoms with Crippen LogP contribution in [0.5, 0.6) is 11.5 Å². The lowest BCUT2D eigenvalue weighted by molar-refractivity contribution is -0.140. The lowest BCUT2D eigenvalue weighted by Gasteiger charge is -2.29. The van der Waals surface area contributed by atoms with E-state index in [0.29, 0.717) is 44.1 Å². The van der Waals surface area contributed by atoms with Crippen LogP contribution in [0.3, 0.4) is 0 Å². The maximum Gasteiger partial charge on any atom is 0.295 e. The van der Waals surface area contributed by atoms with Gasteiger partial charge >= 0.3 is 0 Å². The molecule has 0 saturated carbocycles. The third kappa shape index (κ3) is 5.67. The first-order chi connectivity index (χ1) is 17.4. The Bertz CT molecular complexity index is 1140. The molecule has 2 saturated heterocycles. The van der Waals surface area contributed by atoms with Crippen LogP contribution in [0.25, 0.3) is 5.76 Å². The van der Waals surface area contributed by atoms with Gasteiger partial charge in [0.2, 0.25) is 0 Å². The van der Waals surface area contributed by atoms with E-state index in [2.05, 4.69) is 4.90 Å². The maximum absolute atomic E-state index is 13.3. The summed E-state index contributed by atoms with van der Waals surface area (Å²) in [5.74, 6) is -1.59. The monoisotopic (exact) mass is 514 g/mol. The van der Waals surface area contributed by atoms with Crippen molar-refractivity contribution in [2.24, 2.45) is 0 Å². The smallest absolute Gasteiger partial charge is 0.295 e. The Morgan fingerprint density at radius 3 is 2.67 bits per heavy atom. The average molecular weight is 515 g/mol. The minimum Gasteiger partial charge on any atom is -0.507 e. The van der Waals surface area contributed by atoms with E-state index in [-0.39, 0.29) is 21.9 Å². The number of carbonyl (C=O) groups is 2. The minimum absolute atomic E-state index is 0.00259. The van der Waals surface area contributed by atoms with Gasteiger partial charge in [0.25, 0.3) is 11.7 Å². The molecule has 1 atom stereocenters. The highest BCUT2D eigenvalue weighted by Gasteiger charge is 2.46. The molecule has 2 aromatic rings. The van der Waals surface area contributed by atoms with Gasteiger partial charge in [0.1, 0.15) is 17.3 Å². The number of phenols is 1. The number of aliphatic hydroxyl groups excluding tert-OH is 1. The van der Waals surface area contributed by atoms with E-state index in [1.807, 2.05) is 13.0 Å². The van der Waals surface area contributed by atoms with Crippen molar-refractivity contribution < 1.29 is 29.3 Å². The molecular weight excluding hydrogens is 484 g/mol. The van der Waals surface area contributed by atoms with Crippen LogP contribution in [-0.4, -0.2) is 77.7 Å². The van der Waals surface area contributed by atoms with E-state index in [1.165, 1.54) is 23.1 Å². The number of aliphatic hydroxyl groups is 1. The van der Waals surface area contributed by atoms with Gasteiger partial charge in [-0.3, -0.25) is 14.5 Å². The fourth-order valence-electron chi connectivity index (χ4n) is 4.58. The second-order valence-corrected chi connectivity index (χ2v) is 9.32. The normalized spacial score (nSPS) is 20.2. The third-order valence-corrected chi connectivity index (χ3v) is 6.61. The lowest BCUT2D eigenvalue weighted by atomic mass is 9.94. The van der Waals surface area contributed by atoms with Crippen molar-refractivity contribution >= 4 is 29.1 Å². The summed E-state index contributed by atoms with van der Waals surface area (Å²) < 4.78 is 11.2. The first kappa shape index (κ1) is 26.0. The quantitative estimate of drug-likeness (QED) is 0.296. The number of carbonyl (C=O) groups excluding carboxylic acids is 2. The summed E-state index contributed by atoms with van der Waals surface area (Å²) in [6.45, 7) is 6.62. The van der Waals surface area contributed by atoms with Crippen LogP contribution in [0.4, 0.5) is 0 Å². The molecule has 0 aliphatic carbocycles. The summed E-state index contributed by atoms with van der Waals surface area (Å²) in [5, 5.41) is 21.9. The first-order valence-corrected chi connectivity index (χ1v) is 12.6. The van der Waals surface area contributed by atoms with Crippen molar-refractivity contribution in [3.8, 4) is 11.5 Å². The molecule has 2 fully saturated rings. The summed E-state index contributed by atoms with van der Waals surface area (Å²) in [5.41, 5.74) is 0.547. The number of rotatable bonds is 9. The third-order valence-electron chi connectivity index (χ3n) is 6.38. The van der Waals surface area contributed by atoms with Crippen LogP contribution in [0.1, 0.15) is 36.9 Å². The highest BCUT2D eigenvalue weighted by Crippen LogP contribution is 2.42. The van der Waals surface area contributed by atoms with Crippen molar-refractivity contribution in [2.45, 2.75) is 25.8 Å². The number of ether oxygens (including phenoxy) is 2. The zero-order valence-electron chi connectivity index (χ0n) is 20.3. The number of hydrogen-bond donors (Lipinski definition) is 2. The van der Waals surface area contributed by atoms with Crippen LogP contribution >= 0.6 is 11.6 Å². The van der Waals surface area contributed by atoms with E-state index in [4.69, 9.17) is 21.1 Å². The molecule has 2 N–H and O–H groups in total. The largest absolute Gasteiger partial charge is 0.507 e. The second-order valence-electron chi connectivity index (χ2n) is 8.88. The van der Waals surface area contributed by atoms with Gasteiger partial charge in [-0.1, -0.05) is 30.7 Å². The topological polar surface area (TPSA) is 99.5 Å². The molecule has 9 heteroatoms. The van der Waals surface area contributed by atoms with E-state index in [1.54, 1.807) is 18.2 Å². The number of nitrogens with zero attached hydrogens (tertiary/aromatic N) is 2. The molecule has 192 valence electrons. The number of morpholine rings is 1. The highest BCUT2D eigenvalue weighted by molar-refractivity contribution is 6.46. The fourth-order valence-corrected chi connectivity index (χ4v) is 4.76. The summed E-state index contributed by atoms with van der Waals surface area (Å²) in [4.78, 5) is 30.2. The van der Waals surface area contributed by atoms with Crippen LogP contribution in [0.2, 0.25) is 5.02 Å². The minimum atomic E-state index is -0.835. The zero-order valence-corrected chi connectivity index (χ0v) is 21.0. The molecule has 0 spiro atoms. The van der Waals surface area contributed by atoms with Gasteiger partial charge in [-0.25, -0.2) is 0 Å². The zero-order chi connectivity index (χ0) is 25.7. The molecule has 2 aromatic carbocycles. The molecule has 0 aromatic heterocycles. The van der Waals surface area contributed by atoms with E-state index in [9.17, 15) is 19.8 Å². The molecule has 8 nitrogen and oxygen atoms in total. The van der Waals surface area contributed by atoms with Crippen molar-refractivity contribution in [3.05, 3.63) is 64.2 Å². The number of likely N-dealkylation sites (tertiary alicyclic amines) is 1. The molecule has 4 rings (SSSR count). The average Bonchev–Trinajstić information content (AvgIpc) is 3.14. The number of aromatic hydroxyl groups is 1. The number of Topliss-reactive ketones (excluding diaryl/α,β-unsaturated/α-hetero) is 1.